The van der Waals surface area contributed by atoms with E-state index in [0.717, 1.165) is 0 Å². The van der Waals surface area contributed by atoms with Crippen LogP contribution in [0.15, 0.2) is 24.3 Å². The molecule has 0 fully saturated rings. The lowest BCUT2D eigenvalue weighted by molar-refractivity contribution is 1.41. The number of allylic oxidation sites excluding steroid dienone is 2. The van der Waals surface area contributed by atoms with E-state index in [2.05, 4.69) is 38.1 Å². The van der Waals surface area contributed by atoms with Crippen molar-refractivity contribution < 1.29 is 0 Å². The fraction of sp³-hybridized carbons (Fsp3) is 0.200. The molecule has 0 aromatic heterocycles. The lowest BCUT2D eigenvalue weighted by Crippen LogP contribution is -2.00. The van der Waals surface area contributed by atoms with Gasteiger partial charge in [-0.05, 0) is 36.1 Å². The predicted octanol–water partition coefficient (Wildman–Crippen LogP) is 2.95. The normalized spacial score (nSPS) is 14.6. The summed E-state index contributed by atoms with van der Waals surface area (Å²) in [6.07, 6.45) is 0. The average Bonchev–Trinajstić information content (AvgIpc) is 2.03. The molecule has 2 rings (SSSR count). The van der Waals surface area contributed by atoms with Gasteiger partial charge in [-0.1, -0.05) is 24.3 Å². The number of rotatable bonds is 0. The van der Waals surface area contributed by atoms with Gasteiger partial charge in [0.1, 0.15) is 0 Å². The quantitative estimate of drug-likeness (QED) is 0.506. The summed E-state index contributed by atoms with van der Waals surface area (Å²) in [5.74, 6) is 0. The van der Waals surface area contributed by atoms with E-state index in [1.807, 2.05) is 0 Å². The Kier molecular flexibility index (Phi) is 0.986. The molecular weight excluding hydrogens is 120 g/mol. The van der Waals surface area contributed by atoms with E-state index in [0.29, 0.717) is 0 Å². The number of hydrogen-bond donors (Lipinski definition) is 0. The zero-order chi connectivity index (χ0) is 7.14. The Morgan fingerprint density at radius 3 is 1.60 bits per heavy atom. The van der Waals surface area contributed by atoms with Gasteiger partial charge in [-0.15, -0.1) is 0 Å². The van der Waals surface area contributed by atoms with Crippen LogP contribution in [0.1, 0.15) is 25.0 Å². The molecule has 1 aliphatic carbocycles. The minimum atomic E-state index is 1.43. The van der Waals surface area contributed by atoms with Crippen LogP contribution in [-0.4, -0.2) is 0 Å². The van der Waals surface area contributed by atoms with E-state index < -0.39 is 0 Å². The number of benzene rings is 1. The summed E-state index contributed by atoms with van der Waals surface area (Å²) >= 11 is 0. The van der Waals surface area contributed by atoms with E-state index in [1.165, 1.54) is 22.3 Å². The Bertz CT molecular complexity index is 275. The van der Waals surface area contributed by atoms with Gasteiger partial charge in [-0.2, -0.15) is 0 Å². The first kappa shape index (κ1) is 5.72. The first-order valence-corrected chi connectivity index (χ1v) is 3.58. The third-order valence-electron chi connectivity index (χ3n) is 2.30. The summed E-state index contributed by atoms with van der Waals surface area (Å²) in [6, 6.07) is 8.54. The van der Waals surface area contributed by atoms with Crippen LogP contribution in [0.5, 0.6) is 0 Å². The van der Waals surface area contributed by atoms with Gasteiger partial charge in [0.15, 0.2) is 0 Å². The van der Waals surface area contributed by atoms with Crippen molar-refractivity contribution >= 4 is 11.1 Å². The predicted molar refractivity (Wildman–Crippen MR) is 44.6 cm³/mol. The van der Waals surface area contributed by atoms with Crippen LogP contribution < -0.4 is 0 Å². The van der Waals surface area contributed by atoms with Gasteiger partial charge in [0.2, 0.25) is 0 Å². The molecule has 0 atom stereocenters. The van der Waals surface area contributed by atoms with Crippen molar-refractivity contribution in [3.8, 4) is 0 Å². The molecule has 0 heterocycles. The summed E-state index contributed by atoms with van der Waals surface area (Å²) in [5.41, 5.74) is 5.77. The monoisotopic (exact) mass is 130 g/mol. The number of hydrogen-bond acceptors (Lipinski definition) is 0. The van der Waals surface area contributed by atoms with Crippen molar-refractivity contribution in [1.82, 2.24) is 0 Å². The summed E-state index contributed by atoms with van der Waals surface area (Å²) in [4.78, 5) is 0. The first-order chi connectivity index (χ1) is 4.80. The molecule has 0 saturated heterocycles. The largest absolute Gasteiger partial charge is 0.0616 e. The van der Waals surface area contributed by atoms with Crippen LogP contribution in [0.3, 0.4) is 0 Å². The fourth-order valence-electron chi connectivity index (χ4n) is 1.48. The molecule has 10 heavy (non-hydrogen) atoms. The second kappa shape index (κ2) is 1.72. The zero-order valence-corrected chi connectivity index (χ0v) is 6.31. The second-order valence-corrected chi connectivity index (χ2v) is 2.80. The SMILES string of the molecule is CC1=C(C)c2ccccc21. The van der Waals surface area contributed by atoms with Crippen molar-refractivity contribution in [3.63, 3.8) is 0 Å². The van der Waals surface area contributed by atoms with Crippen LogP contribution >= 0.6 is 0 Å². The standard InChI is InChI=1S/C10H10/c1-7-8(2)10-6-4-3-5-9(7)10/h3-6H,1-2H3. The van der Waals surface area contributed by atoms with Crippen molar-refractivity contribution in [2.45, 2.75) is 13.8 Å². The Hall–Kier alpha value is -1.04. The smallest absolute Gasteiger partial charge is 0.0149 e. The molecule has 0 unspecified atom stereocenters. The maximum atomic E-state index is 2.18. The van der Waals surface area contributed by atoms with Crippen LogP contribution in [0.25, 0.3) is 11.1 Å². The van der Waals surface area contributed by atoms with E-state index in [-0.39, 0.29) is 0 Å². The molecule has 0 amide bonds. The lowest BCUT2D eigenvalue weighted by Gasteiger charge is -2.22. The van der Waals surface area contributed by atoms with Gasteiger partial charge >= 0.3 is 0 Å². The molecule has 0 heteroatoms. The summed E-state index contributed by atoms with van der Waals surface area (Å²) in [6.45, 7) is 4.36. The average molecular weight is 130 g/mol. The Labute approximate surface area is 61.2 Å². The Morgan fingerprint density at radius 2 is 1.20 bits per heavy atom. The summed E-state index contributed by atoms with van der Waals surface area (Å²) in [5, 5.41) is 0. The molecule has 1 aromatic carbocycles. The van der Waals surface area contributed by atoms with Crippen molar-refractivity contribution in [3.05, 3.63) is 35.4 Å². The second-order valence-electron chi connectivity index (χ2n) is 2.80. The van der Waals surface area contributed by atoms with E-state index in [1.54, 1.807) is 0 Å². The Balaban J connectivity index is 2.62. The van der Waals surface area contributed by atoms with E-state index >= 15 is 0 Å². The molecule has 0 nitrogen and oxygen atoms in total. The lowest BCUT2D eigenvalue weighted by atomic mass is 9.83. The van der Waals surface area contributed by atoms with Crippen LogP contribution in [0.2, 0.25) is 0 Å². The van der Waals surface area contributed by atoms with Crippen LogP contribution in [0, 0.1) is 0 Å². The maximum absolute atomic E-state index is 2.18. The van der Waals surface area contributed by atoms with Crippen molar-refractivity contribution in [2.24, 2.45) is 0 Å². The van der Waals surface area contributed by atoms with Gasteiger partial charge < -0.3 is 0 Å². The maximum Gasteiger partial charge on any atom is -0.0149 e. The van der Waals surface area contributed by atoms with Crippen molar-refractivity contribution in [2.75, 3.05) is 0 Å². The van der Waals surface area contributed by atoms with Gasteiger partial charge in [-0.25, -0.2) is 0 Å². The number of fused-ring (bicyclic) bond motifs is 1. The highest BCUT2D eigenvalue weighted by molar-refractivity contribution is 6.02. The molecule has 1 aliphatic rings. The highest BCUT2D eigenvalue weighted by atomic mass is 14.2. The molecule has 0 radical (unpaired) electrons. The van der Waals surface area contributed by atoms with E-state index in [9.17, 15) is 0 Å². The molecular formula is C10H10. The van der Waals surface area contributed by atoms with Gasteiger partial charge in [0.25, 0.3) is 0 Å². The Morgan fingerprint density at radius 1 is 0.800 bits per heavy atom. The summed E-state index contributed by atoms with van der Waals surface area (Å²) < 4.78 is 0. The third kappa shape index (κ3) is 0.513. The third-order valence-corrected chi connectivity index (χ3v) is 2.30. The molecule has 0 N–H and O–H groups in total. The van der Waals surface area contributed by atoms with Crippen LogP contribution in [0.4, 0.5) is 0 Å². The van der Waals surface area contributed by atoms with Gasteiger partial charge in [0, 0.05) is 0 Å². The first-order valence-electron chi connectivity index (χ1n) is 3.58. The van der Waals surface area contributed by atoms with Gasteiger partial charge in [-0.3, -0.25) is 0 Å². The highest BCUT2D eigenvalue weighted by Gasteiger charge is 2.16. The minimum Gasteiger partial charge on any atom is -0.0616 e. The van der Waals surface area contributed by atoms with Gasteiger partial charge in [0.05, 0.1) is 0 Å². The zero-order valence-electron chi connectivity index (χ0n) is 6.31. The fourth-order valence-corrected chi connectivity index (χ4v) is 1.48. The molecule has 0 aliphatic heterocycles. The molecule has 50 valence electrons. The highest BCUT2D eigenvalue weighted by Crippen LogP contribution is 2.38. The minimum absolute atomic E-state index is 1.43. The summed E-state index contributed by atoms with van der Waals surface area (Å²) in [7, 11) is 0. The molecule has 0 spiro atoms. The van der Waals surface area contributed by atoms with E-state index in [4.69, 9.17) is 0 Å². The molecule has 0 bridgehead atoms. The molecule has 0 saturated carbocycles. The van der Waals surface area contributed by atoms with Crippen LogP contribution in [-0.2, 0) is 0 Å². The topological polar surface area (TPSA) is 0 Å². The molecule has 1 aromatic rings. The van der Waals surface area contributed by atoms with Crippen molar-refractivity contribution in [1.29, 1.82) is 0 Å².